The third-order valence-electron chi connectivity index (χ3n) is 4.21. The second-order valence-electron chi connectivity index (χ2n) is 6.78. The first-order valence-corrected chi connectivity index (χ1v) is 8.22. The van der Waals surface area contributed by atoms with E-state index in [0.29, 0.717) is 12.0 Å². The second-order valence-corrected chi connectivity index (χ2v) is 6.78. The molecule has 0 atom stereocenters. The molecular weight excluding hydrogens is 270 g/mol. The van der Waals surface area contributed by atoms with Gasteiger partial charge in [-0.3, -0.25) is 4.99 Å². The monoisotopic (exact) mass is 301 g/mol. The summed E-state index contributed by atoms with van der Waals surface area (Å²) in [5, 5.41) is 8.73. The lowest BCUT2D eigenvalue weighted by atomic mass is 9.72. The third kappa shape index (κ3) is 6.15. The second kappa shape index (κ2) is 8.89. The van der Waals surface area contributed by atoms with Gasteiger partial charge in [0.1, 0.15) is 0 Å². The Morgan fingerprint density at radius 3 is 2.64 bits per heavy atom. The quantitative estimate of drug-likeness (QED) is 0.542. The van der Waals surface area contributed by atoms with Gasteiger partial charge in [0, 0.05) is 5.71 Å². The van der Waals surface area contributed by atoms with E-state index in [2.05, 4.69) is 50.9 Å². The van der Waals surface area contributed by atoms with E-state index in [1.54, 1.807) is 0 Å². The first kappa shape index (κ1) is 18.6. The average molecular weight is 301 g/mol. The van der Waals surface area contributed by atoms with Crippen molar-refractivity contribution >= 4 is 5.71 Å². The molecule has 2 nitrogen and oxygen atoms in total. The Morgan fingerprint density at radius 2 is 2.00 bits per heavy atom. The zero-order chi connectivity index (χ0) is 16.6. The maximum absolute atomic E-state index is 8.73. The van der Waals surface area contributed by atoms with Gasteiger partial charge in [-0.25, -0.2) is 0 Å². The Hall–Kier alpha value is -1.41. The minimum absolute atomic E-state index is 0.104. The van der Waals surface area contributed by atoms with Gasteiger partial charge in [-0.1, -0.05) is 49.3 Å². The van der Waals surface area contributed by atoms with Crippen molar-refractivity contribution in [3.63, 3.8) is 0 Å². The summed E-state index contributed by atoms with van der Waals surface area (Å²) in [6, 6.07) is 0. The van der Waals surface area contributed by atoms with Gasteiger partial charge in [0.25, 0.3) is 0 Å². The molecular formula is C20H31NO. The standard InChI is InChI=1S/C20H31NO/c1-16(8-6-10-18(3)21-14-15-22)11-12-19-17(2)9-7-13-20(19,4)5/h6,8,10-12,22H,7,9,13-15H2,1-5H3/b10-6+,12-11+,16-8+,21-18?. The van der Waals surface area contributed by atoms with Crippen LogP contribution in [0.1, 0.15) is 53.9 Å². The summed E-state index contributed by atoms with van der Waals surface area (Å²) in [7, 11) is 0. The van der Waals surface area contributed by atoms with Crippen LogP contribution in [0.4, 0.5) is 0 Å². The number of aliphatic imine (C=N–C) groups is 1. The maximum atomic E-state index is 8.73. The Kier molecular flexibility index (Phi) is 7.53. The molecule has 2 heteroatoms. The lowest BCUT2D eigenvalue weighted by Crippen LogP contribution is -2.19. The highest BCUT2D eigenvalue weighted by atomic mass is 16.3. The van der Waals surface area contributed by atoms with Crippen LogP contribution in [0.2, 0.25) is 0 Å². The Morgan fingerprint density at radius 1 is 1.27 bits per heavy atom. The van der Waals surface area contributed by atoms with Gasteiger partial charge in [0.2, 0.25) is 0 Å². The van der Waals surface area contributed by atoms with Crippen LogP contribution in [0.25, 0.3) is 0 Å². The van der Waals surface area contributed by atoms with Crippen LogP contribution >= 0.6 is 0 Å². The van der Waals surface area contributed by atoms with Crippen molar-refractivity contribution in [2.45, 2.75) is 53.9 Å². The van der Waals surface area contributed by atoms with Crippen LogP contribution < -0.4 is 0 Å². The van der Waals surface area contributed by atoms with Crippen molar-refractivity contribution in [1.29, 1.82) is 0 Å². The van der Waals surface area contributed by atoms with E-state index in [1.165, 1.54) is 36.0 Å². The molecule has 0 fully saturated rings. The number of nitrogens with zero attached hydrogens (tertiary/aromatic N) is 1. The van der Waals surface area contributed by atoms with E-state index < -0.39 is 0 Å². The van der Waals surface area contributed by atoms with Crippen LogP contribution in [0.15, 0.2) is 52.1 Å². The molecule has 0 saturated heterocycles. The van der Waals surface area contributed by atoms with Crippen LogP contribution in [-0.4, -0.2) is 24.0 Å². The number of allylic oxidation sites excluding steroid dienone is 8. The van der Waals surface area contributed by atoms with Gasteiger partial charge in [0.05, 0.1) is 13.2 Å². The lowest BCUT2D eigenvalue weighted by molar-refractivity contribution is 0.307. The highest BCUT2D eigenvalue weighted by Crippen LogP contribution is 2.40. The van der Waals surface area contributed by atoms with Crippen LogP contribution in [0.5, 0.6) is 0 Å². The molecule has 122 valence electrons. The predicted octanol–water partition coefficient (Wildman–Crippen LogP) is 5.02. The molecule has 1 rings (SSSR count). The highest BCUT2D eigenvalue weighted by Gasteiger charge is 2.26. The Balaban J connectivity index is 2.73. The third-order valence-corrected chi connectivity index (χ3v) is 4.21. The van der Waals surface area contributed by atoms with Gasteiger partial charge >= 0.3 is 0 Å². The van der Waals surface area contributed by atoms with Crippen molar-refractivity contribution in [3.05, 3.63) is 47.1 Å². The van der Waals surface area contributed by atoms with Crippen LogP contribution in [0, 0.1) is 5.41 Å². The number of rotatable bonds is 6. The lowest BCUT2D eigenvalue weighted by Gasteiger charge is -2.32. The van der Waals surface area contributed by atoms with E-state index >= 15 is 0 Å². The average Bonchev–Trinajstić information content (AvgIpc) is 2.43. The van der Waals surface area contributed by atoms with E-state index in [0.717, 1.165) is 5.71 Å². The van der Waals surface area contributed by atoms with Crippen molar-refractivity contribution in [1.82, 2.24) is 0 Å². The molecule has 0 unspecified atom stereocenters. The normalized spacial score (nSPS) is 20.5. The van der Waals surface area contributed by atoms with E-state index in [9.17, 15) is 0 Å². The summed E-state index contributed by atoms with van der Waals surface area (Å²) in [6.07, 6.45) is 14.4. The van der Waals surface area contributed by atoms with Gasteiger partial charge in [-0.15, -0.1) is 0 Å². The molecule has 22 heavy (non-hydrogen) atoms. The van der Waals surface area contributed by atoms with Gasteiger partial charge in [0.15, 0.2) is 0 Å². The molecule has 1 aliphatic rings. The molecule has 0 spiro atoms. The molecule has 1 aliphatic carbocycles. The fourth-order valence-corrected chi connectivity index (χ4v) is 2.90. The largest absolute Gasteiger partial charge is 0.394 e. The summed E-state index contributed by atoms with van der Waals surface area (Å²) in [6.45, 7) is 11.6. The number of aliphatic hydroxyl groups is 1. The number of hydrogen-bond acceptors (Lipinski definition) is 2. The number of aliphatic hydroxyl groups excluding tert-OH is 1. The molecule has 0 aliphatic heterocycles. The molecule has 1 N–H and O–H groups in total. The first-order chi connectivity index (χ1) is 10.4. The SMILES string of the molecule is CC(/C=C/C=C(C)/C=C/C1=C(C)CCCC1(C)C)=NCCO. The predicted molar refractivity (Wildman–Crippen MR) is 97.4 cm³/mol. The smallest absolute Gasteiger partial charge is 0.0627 e. The van der Waals surface area contributed by atoms with Gasteiger partial charge in [-0.05, 0) is 57.1 Å². The van der Waals surface area contributed by atoms with E-state index in [1.807, 2.05) is 19.1 Å². The van der Waals surface area contributed by atoms with Crippen LogP contribution in [0.3, 0.4) is 0 Å². The highest BCUT2D eigenvalue weighted by molar-refractivity contribution is 5.92. The van der Waals surface area contributed by atoms with Crippen molar-refractivity contribution < 1.29 is 5.11 Å². The van der Waals surface area contributed by atoms with Gasteiger partial charge in [-0.2, -0.15) is 0 Å². The zero-order valence-electron chi connectivity index (χ0n) is 14.8. The summed E-state index contributed by atoms with van der Waals surface area (Å²) in [5.41, 5.74) is 5.49. The topological polar surface area (TPSA) is 32.6 Å². The summed E-state index contributed by atoms with van der Waals surface area (Å²) in [4.78, 5) is 4.21. The van der Waals surface area contributed by atoms with Crippen molar-refractivity contribution in [2.75, 3.05) is 13.2 Å². The van der Waals surface area contributed by atoms with E-state index in [-0.39, 0.29) is 6.61 Å². The van der Waals surface area contributed by atoms with Crippen molar-refractivity contribution in [3.8, 4) is 0 Å². The van der Waals surface area contributed by atoms with Crippen LogP contribution in [-0.2, 0) is 0 Å². The summed E-state index contributed by atoms with van der Waals surface area (Å²) < 4.78 is 0. The minimum atomic E-state index is 0.104. The first-order valence-electron chi connectivity index (χ1n) is 8.22. The molecule has 0 radical (unpaired) electrons. The molecule has 0 saturated carbocycles. The molecule has 0 bridgehead atoms. The fourth-order valence-electron chi connectivity index (χ4n) is 2.90. The molecule has 0 aromatic heterocycles. The number of hydrogen-bond donors (Lipinski definition) is 1. The summed E-state index contributed by atoms with van der Waals surface area (Å²) in [5.74, 6) is 0. The minimum Gasteiger partial charge on any atom is -0.394 e. The van der Waals surface area contributed by atoms with E-state index in [4.69, 9.17) is 5.11 Å². The Bertz CT molecular complexity index is 516. The molecule has 0 aromatic rings. The zero-order valence-corrected chi connectivity index (χ0v) is 14.8. The molecule has 0 amide bonds. The molecule has 0 heterocycles. The Labute approximate surface area is 136 Å². The summed E-state index contributed by atoms with van der Waals surface area (Å²) >= 11 is 0. The maximum Gasteiger partial charge on any atom is 0.0627 e. The van der Waals surface area contributed by atoms with Gasteiger partial charge < -0.3 is 5.11 Å². The molecule has 0 aromatic carbocycles. The fraction of sp³-hybridized carbons (Fsp3) is 0.550. The van der Waals surface area contributed by atoms with Crippen molar-refractivity contribution in [2.24, 2.45) is 10.4 Å².